The molecule has 0 saturated heterocycles. The van der Waals surface area contributed by atoms with E-state index >= 15 is 0 Å². The number of ether oxygens (including phenoxy) is 1. The summed E-state index contributed by atoms with van der Waals surface area (Å²) in [4.78, 5) is 41.6. The molecule has 2 aliphatic heterocycles. The summed E-state index contributed by atoms with van der Waals surface area (Å²) in [5, 5.41) is 6.19. The molecule has 5 rings (SSSR count). The lowest BCUT2D eigenvalue weighted by atomic mass is 9.95. The summed E-state index contributed by atoms with van der Waals surface area (Å²) in [6.07, 6.45) is 0.108. The zero-order valence-electron chi connectivity index (χ0n) is 20.1. The van der Waals surface area contributed by atoms with E-state index in [1.165, 1.54) is 4.90 Å². The Labute approximate surface area is 219 Å². The largest absolute Gasteiger partial charge is 0.457 e. The van der Waals surface area contributed by atoms with Crippen LogP contribution in [0.2, 0.25) is 5.02 Å². The molecule has 0 aromatic heterocycles. The van der Waals surface area contributed by atoms with Crippen LogP contribution in [0.25, 0.3) is 0 Å². The first kappa shape index (κ1) is 24.4. The van der Waals surface area contributed by atoms with E-state index in [1.807, 2.05) is 36.4 Å². The first-order chi connectivity index (χ1) is 17.9. The quantitative estimate of drug-likeness (QED) is 0.464. The monoisotopic (exact) mass is 516 g/mol. The lowest BCUT2D eigenvalue weighted by Gasteiger charge is -2.31. The van der Waals surface area contributed by atoms with E-state index in [9.17, 15) is 14.4 Å². The number of carbonyl (C=O) groups excluding carboxylic acids is 3. The number of carbonyl (C=O) groups is 3. The predicted molar refractivity (Wildman–Crippen MR) is 140 cm³/mol. The average Bonchev–Trinajstić information content (AvgIpc) is 3.23. The van der Waals surface area contributed by atoms with Crippen molar-refractivity contribution in [2.24, 2.45) is 0 Å². The number of nitrogens with one attached hydrogen (secondary N) is 2. The number of hydrogen-bond acceptors (Lipinski definition) is 4. The highest BCUT2D eigenvalue weighted by atomic mass is 35.5. The molecular formula is C28H25ClN4O4. The molecule has 0 spiro atoms. The van der Waals surface area contributed by atoms with Crippen molar-refractivity contribution in [3.05, 3.63) is 101 Å². The van der Waals surface area contributed by atoms with Gasteiger partial charge in [-0.15, -0.1) is 0 Å². The van der Waals surface area contributed by atoms with Gasteiger partial charge >= 0.3 is 6.03 Å². The second-order valence-corrected chi connectivity index (χ2v) is 9.19. The van der Waals surface area contributed by atoms with Gasteiger partial charge in [-0.2, -0.15) is 0 Å². The molecule has 188 valence electrons. The maximum Gasteiger partial charge on any atom is 0.322 e. The molecule has 0 aliphatic carbocycles. The third kappa shape index (κ3) is 5.15. The highest BCUT2D eigenvalue weighted by molar-refractivity contribution is 6.31. The predicted octanol–water partition coefficient (Wildman–Crippen LogP) is 4.95. The van der Waals surface area contributed by atoms with Gasteiger partial charge in [0.15, 0.2) is 0 Å². The van der Waals surface area contributed by atoms with Crippen molar-refractivity contribution in [2.45, 2.75) is 12.5 Å². The van der Waals surface area contributed by atoms with Crippen LogP contribution in [0, 0.1) is 0 Å². The van der Waals surface area contributed by atoms with Crippen molar-refractivity contribution in [3.63, 3.8) is 0 Å². The fourth-order valence-electron chi connectivity index (χ4n) is 4.44. The third-order valence-corrected chi connectivity index (χ3v) is 6.72. The van der Waals surface area contributed by atoms with Gasteiger partial charge in [0.25, 0.3) is 5.91 Å². The molecule has 4 amide bonds. The Bertz CT molecular complexity index is 1370. The summed E-state index contributed by atoms with van der Waals surface area (Å²) < 4.78 is 5.77. The molecule has 1 atom stereocenters. The standard InChI is InChI=1S/C28H25ClN4O4/c1-32-23-17-33(27(35)25(23)26(31-28(32)36)21-9-5-6-10-22(21)29)16-15-24(34)30-18-11-13-20(14-12-18)37-19-7-3-2-4-8-19/h2-14,26H,15-17H2,1H3,(H,30,34)(H,31,36). The Morgan fingerprint density at radius 2 is 1.68 bits per heavy atom. The Hall–Kier alpha value is -4.30. The molecule has 2 N–H and O–H groups in total. The molecule has 8 nitrogen and oxygen atoms in total. The van der Waals surface area contributed by atoms with Crippen LogP contribution in [0.1, 0.15) is 18.0 Å². The zero-order valence-corrected chi connectivity index (χ0v) is 20.9. The maximum absolute atomic E-state index is 13.3. The molecule has 3 aromatic rings. The highest BCUT2D eigenvalue weighted by Crippen LogP contribution is 2.38. The first-order valence-electron chi connectivity index (χ1n) is 11.8. The average molecular weight is 517 g/mol. The number of likely N-dealkylation sites (N-methyl/N-ethyl adjacent to an activating group) is 1. The molecule has 0 bridgehead atoms. The van der Waals surface area contributed by atoms with Gasteiger partial charge < -0.3 is 20.3 Å². The van der Waals surface area contributed by atoms with Gasteiger partial charge in [-0.1, -0.05) is 48.0 Å². The van der Waals surface area contributed by atoms with Gasteiger partial charge in [0.2, 0.25) is 5.91 Å². The maximum atomic E-state index is 13.3. The van der Waals surface area contributed by atoms with Crippen molar-refractivity contribution in [1.29, 1.82) is 0 Å². The van der Waals surface area contributed by atoms with Gasteiger partial charge in [-0.3, -0.25) is 14.5 Å². The SMILES string of the molecule is CN1C(=O)NC(c2ccccc2Cl)C2=C1CN(CCC(=O)Nc1ccc(Oc3ccccc3)cc1)C2=O. The van der Waals surface area contributed by atoms with E-state index in [-0.39, 0.29) is 37.4 Å². The van der Waals surface area contributed by atoms with Crippen molar-refractivity contribution >= 4 is 35.1 Å². The number of rotatable bonds is 7. The van der Waals surface area contributed by atoms with E-state index in [0.29, 0.717) is 33.3 Å². The fourth-order valence-corrected chi connectivity index (χ4v) is 4.68. The minimum absolute atomic E-state index is 0.108. The summed E-state index contributed by atoms with van der Waals surface area (Å²) in [6.45, 7) is 0.460. The van der Waals surface area contributed by atoms with Crippen LogP contribution in [0.15, 0.2) is 90.1 Å². The van der Waals surface area contributed by atoms with E-state index in [1.54, 1.807) is 54.4 Å². The van der Waals surface area contributed by atoms with Crippen molar-refractivity contribution < 1.29 is 19.1 Å². The molecule has 0 saturated carbocycles. The second-order valence-electron chi connectivity index (χ2n) is 8.79. The van der Waals surface area contributed by atoms with Gasteiger partial charge in [0, 0.05) is 30.7 Å². The highest BCUT2D eigenvalue weighted by Gasteiger charge is 2.43. The number of para-hydroxylation sites is 1. The molecule has 0 fully saturated rings. The Morgan fingerprint density at radius 3 is 2.41 bits per heavy atom. The normalized spacial score (nSPS) is 17.0. The van der Waals surface area contributed by atoms with Gasteiger partial charge in [0.1, 0.15) is 11.5 Å². The van der Waals surface area contributed by atoms with Gasteiger partial charge in [0.05, 0.1) is 23.9 Å². The first-order valence-corrected chi connectivity index (χ1v) is 12.2. The molecule has 3 aromatic carbocycles. The number of nitrogens with zero attached hydrogens (tertiary/aromatic N) is 2. The number of anilines is 1. The van der Waals surface area contributed by atoms with E-state index in [0.717, 1.165) is 5.75 Å². The number of benzene rings is 3. The minimum Gasteiger partial charge on any atom is -0.457 e. The topological polar surface area (TPSA) is 91.0 Å². The van der Waals surface area contributed by atoms with E-state index in [4.69, 9.17) is 16.3 Å². The van der Waals surface area contributed by atoms with Crippen LogP contribution in [0.3, 0.4) is 0 Å². The molecule has 9 heteroatoms. The van der Waals surface area contributed by atoms with E-state index in [2.05, 4.69) is 10.6 Å². The molecule has 1 unspecified atom stereocenters. The summed E-state index contributed by atoms with van der Waals surface area (Å²) in [5.41, 5.74) is 2.38. The number of halogens is 1. The lowest BCUT2D eigenvalue weighted by molar-refractivity contribution is -0.126. The van der Waals surface area contributed by atoms with Crippen LogP contribution in [-0.2, 0) is 9.59 Å². The van der Waals surface area contributed by atoms with Crippen LogP contribution in [-0.4, -0.2) is 47.8 Å². The van der Waals surface area contributed by atoms with Gasteiger partial charge in [-0.05, 0) is 48.0 Å². The molecular weight excluding hydrogens is 492 g/mol. The van der Waals surface area contributed by atoms with Crippen molar-refractivity contribution in [1.82, 2.24) is 15.1 Å². The fraction of sp³-hybridized carbons (Fsp3) is 0.179. The summed E-state index contributed by atoms with van der Waals surface area (Å²) in [5.74, 6) is 0.940. The Kier molecular flexibility index (Phi) is 6.83. The Morgan fingerprint density at radius 1 is 1.00 bits per heavy atom. The molecule has 2 aliphatic rings. The summed E-state index contributed by atoms with van der Waals surface area (Å²) in [7, 11) is 1.63. The van der Waals surface area contributed by atoms with Crippen LogP contribution >= 0.6 is 11.6 Å². The summed E-state index contributed by atoms with van der Waals surface area (Å²) >= 11 is 6.37. The zero-order chi connectivity index (χ0) is 25.9. The number of hydrogen-bond donors (Lipinski definition) is 2. The smallest absolute Gasteiger partial charge is 0.322 e. The number of amides is 4. The molecule has 0 radical (unpaired) electrons. The van der Waals surface area contributed by atoms with Crippen molar-refractivity contribution in [3.8, 4) is 11.5 Å². The Balaban J connectivity index is 1.20. The van der Waals surface area contributed by atoms with E-state index < -0.39 is 6.04 Å². The third-order valence-electron chi connectivity index (χ3n) is 6.38. The minimum atomic E-state index is -0.643. The summed E-state index contributed by atoms with van der Waals surface area (Å²) in [6, 6.07) is 22.7. The van der Waals surface area contributed by atoms with Crippen LogP contribution in [0.5, 0.6) is 11.5 Å². The molecule has 2 heterocycles. The van der Waals surface area contributed by atoms with Crippen molar-refractivity contribution in [2.75, 3.05) is 25.5 Å². The molecule has 37 heavy (non-hydrogen) atoms. The number of urea groups is 1. The van der Waals surface area contributed by atoms with Crippen LogP contribution < -0.4 is 15.4 Å². The van der Waals surface area contributed by atoms with Crippen LogP contribution in [0.4, 0.5) is 10.5 Å². The lowest BCUT2D eigenvalue weighted by Crippen LogP contribution is -2.45. The van der Waals surface area contributed by atoms with Gasteiger partial charge in [-0.25, -0.2) is 4.79 Å². The second kappa shape index (κ2) is 10.4.